The first-order chi connectivity index (χ1) is 14.2. The van der Waals surface area contributed by atoms with Crippen LogP contribution in [0.1, 0.15) is 13.8 Å². The van der Waals surface area contributed by atoms with Crippen LogP contribution in [0.3, 0.4) is 0 Å². The van der Waals surface area contributed by atoms with Crippen molar-refractivity contribution < 1.29 is 17.9 Å². The van der Waals surface area contributed by atoms with Crippen LogP contribution in [-0.4, -0.2) is 76.2 Å². The molecule has 0 spiro atoms. The Morgan fingerprint density at radius 1 is 1.17 bits per heavy atom. The third-order valence-corrected chi connectivity index (χ3v) is 7.44. The molecule has 3 rings (SSSR count). The van der Waals surface area contributed by atoms with Gasteiger partial charge in [-0.2, -0.15) is 12.7 Å². The summed E-state index contributed by atoms with van der Waals surface area (Å²) in [5.41, 5.74) is 1.77. The van der Waals surface area contributed by atoms with Crippen molar-refractivity contribution >= 4 is 44.9 Å². The number of thiocarbonyl (C=S) groups is 1. The second kappa shape index (κ2) is 9.46. The summed E-state index contributed by atoms with van der Waals surface area (Å²) in [7, 11) is -1.97. The lowest BCUT2D eigenvalue weighted by atomic mass is 10.2. The van der Waals surface area contributed by atoms with Crippen molar-refractivity contribution in [1.29, 1.82) is 0 Å². The van der Waals surface area contributed by atoms with Crippen molar-refractivity contribution in [2.24, 2.45) is 5.92 Å². The molecule has 2 heterocycles. The molecule has 0 bridgehead atoms. The first kappa shape index (κ1) is 22.7. The number of carbonyl (C=O) groups is 1. The van der Waals surface area contributed by atoms with Crippen molar-refractivity contribution in [2.75, 3.05) is 56.1 Å². The minimum atomic E-state index is -3.39. The average Bonchev–Trinajstić information content (AvgIpc) is 3.12. The molecule has 2 N–H and O–H groups in total. The predicted octanol–water partition coefficient (Wildman–Crippen LogP) is 1.17. The van der Waals surface area contributed by atoms with Gasteiger partial charge in [-0.05, 0) is 24.3 Å². The quantitative estimate of drug-likeness (QED) is 0.596. The standard InChI is InChI=1S/C19H29N5O4S2/c1-14(2)18(29)21-12-17-13-24(19(25)28-17)16-6-4-15(5-7-16)22-8-10-23(11-9-22)30(26,27)20-3/h4-7,14,17,20H,8-13H2,1-3H3,(H,21,29). The molecule has 166 valence electrons. The van der Waals surface area contributed by atoms with Crippen molar-refractivity contribution in [1.82, 2.24) is 14.3 Å². The molecule has 1 amide bonds. The van der Waals surface area contributed by atoms with Gasteiger partial charge in [0, 0.05) is 50.5 Å². The molecular weight excluding hydrogens is 426 g/mol. The van der Waals surface area contributed by atoms with Crippen LogP contribution < -0.4 is 19.8 Å². The van der Waals surface area contributed by atoms with Crippen LogP contribution in [0.5, 0.6) is 0 Å². The summed E-state index contributed by atoms with van der Waals surface area (Å²) < 4.78 is 33.0. The Bertz CT molecular complexity index is 867. The Morgan fingerprint density at radius 3 is 2.33 bits per heavy atom. The summed E-state index contributed by atoms with van der Waals surface area (Å²) in [4.78, 5) is 16.8. The van der Waals surface area contributed by atoms with E-state index in [1.165, 1.54) is 11.4 Å². The van der Waals surface area contributed by atoms with Crippen LogP contribution >= 0.6 is 12.2 Å². The third-order valence-electron chi connectivity index (χ3n) is 5.27. The zero-order chi connectivity index (χ0) is 21.9. The highest BCUT2D eigenvalue weighted by molar-refractivity contribution is 7.87. The SMILES string of the molecule is CNS(=O)(=O)N1CCN(c2ccc(N3CC(CNC(=S)C(C)C)OC3=O)cc2)CC1. The second-order valence-electron chi connectivity index (χ2n) is 7.63. The minimum absolute atomic E-state index is 0.251. The predicted molar refractivity (Wildman–Crippen MR) is 121 cm³/mol. The van der Waals surface area contributed by atoms with Gasteiger partial charge in [-0.15, -0.1) is 0 Å². The number of hydrogen-bond acceptors (Lipinski definition) is 6. The summed E-state index contributed by atoms with van der Waals surface area (Å²) in [5, 5.41) is 3.16. The van der Waals surface area contributed by atoms with E-state index < -0.39 is 10.2 Å². The number of carbonyl (C=O) groups excluding carboxylic acids is 1. The molecule has 1 unspecified atom stereocenters. The summed E-state index contributed by atoms with van der Waals surface area (Å²) in [5.74, 6) is 0.251. The van der Waals surface area contributed by atoms with E-state index in [-0.39, 0.29) is 18.1 Å². The maximum Gasteiger partial charge on any atom is 0.414 e. The van der Waals surface area contributed by atoms with Crippen molar-refractivity contribution in [3.63, 3.8) is 0 Å². The van der Waals surface area contributed by atoms with Crippen LogP contribution in [0.2, 0.25) is 0 Å². The fourth-order valence-electron chi connectivity index (χ4n) is 3.42. The van der Waals surface area contributed by atoms with Crippen LogP contribution in [0, 0.1) is 5.92 Å². The molecule has 0 aromatic heterocycles. The summed E-state index contributed by atoms with van der Waals surface area (Å²) in [6.45, 7) is 7.06. The van der Waals surface area contributed by atoms with Gasteiger partial charge in [-0.3, -0.25) is 4.90 Å². The molecule has 9 nitrogen and oxygen atoms in total. The van der Waals surface area contributed by atoms with Crippen LogP contribution in [0.4, 0.5) is 16.2 Å². The molecule has 0 saturated carbocycles. The van der Waals surface area contributed by atoms with Crippen molar-refractivity contribution in [2.45, 2.75) is 20.0 Å². The molecule has 1 atom stereocenters. The second-order valence-corrected chi connectivity index (χ2v) is 9.94. The largest absolute Gasteiger partial charge is 0.442 e. The smallest absolute Gasteiger partial charge is 0.414 e. The molecule has 2 fully saturated rings. The number of benzene rings is 1. The van der Waals surface area contributed by atoms with Gasteiger partial charge in [-0.1, -0.05) is 26.1 Å². The van der Waals surface area contributed by atoms with Gasteiger partial charge in [-0.25, -0.2) is 9.52 Å². The number of nitrogens with one attached hydrogen (secondary N) is 2. The average molecular weight is 456 g/mol. The van der Waals surface area contributed by atoms with Gasteiger partial charge in [0.05, 0.1) is 18.1 Å². The van der Waals surface area contributed by atoms with Crippen LogP contribution in [-0.2, 0) is 14.9 Å². The van der Waals surface area contributed by atoms with E-state index in [4.69, 9.17) is 17.0 Å². The Labute approximate surface area is 183 Å². The van der Waals surface area contributed by atoms with Crippen molar-refractivity contribution in [3.8, 4) is 0 Å². The number of ether oxygens (including phenoxy) is 1. The molecule has 30 heavy (non-hydrogen) atoms. The number of hydrogen-bond donors (Lipinski definition) is 2. The topological polar surface area (TPSA) is 94.2 Å². The number of nitrogens with zero attached hydrogens (tertiary/aromatic N) is 3. The molecular formula is C19H29N5O4S2. The van der Waals surface area contributed by atoms with Gasteiger partial charge < -0.3 is 15.0 Å². The molecule has 2 aliphatic rings. The van der Waals surface area contributed by atoms with Gasteiger partial charge in [0.2, 0.25) is 0 Å². The zero-order valence-electron chi connectivity index (χ0n) is 17.5. The Kier molecular flexibility index (Phi) is 7.17. The minimum Gasteiger partial charge on any atom is -0.442 e. The lowest BCUT2D eigenvalue weighted by Gasteiger charge is -2.35. The fraction of sp³-hybridized carbons (Fsp3) is 0.579. The van der Waals surface area contributed by atoms with E-state index in [0.29, 0.717) is 39.3 Å². The lowest BCUT2D eigenvalue weighted by Crippen LogP contribution is -2.51. The molecule has 1 aromatic carbocycles. The Balaban J connectivity index is 1.56. The van der Waals surface area contributed by atoms with Crippen LogP contribution in [0.25, 0.3) is 0 Å². The first-order valence-electron chi connectivity index (χ1n) is 10.0. The van der Waals surface area contributed by atoms with Crippen LogP contribution in [0.15, 0.2) is 24.3 Å². The number of rotatable bonds is 7. The highest BCUT2D eigenvalue weighted by Gasteiger charge is 2.32. The molecule has 0 aliphatic carbocycles. The van der Waals surface area contributed by atoms with E-state index in [9.17, 15) is 13.2 Å². The third kappa shape index (κ3) is 5.20. The van der Waals surface area contributed by atoms with Gasteiger partial charge in [0.25, 0.3) is 10.2 Å². The number of amides is 1. The van der Waals surface area contributed by atoms with Crippen molar-refractivity contribution in [3.05, 3.63) is 24.3 Å². The fourth-order valence-corrected chi connectivity index (χ4v) is 4.40. The highest BCUT2D eigenvalue weighted by Crippen LogP contribution is 2.25. The molecule has 2 aliphatic heterocycles. The zero-order valence-corrected chi connectivity index (χ0v) is 19.1. The molecule has 11 heteroatoms. The maximum atomic E-state index is 12.3. The number of anilines is 2. The van der Waals surface area contributed by atoms with E-state index in [2.05, 4.69) is 14.9 Å². The normalized spacial score (nSPS) is 20.5. The summed E-state index contributed by atoms with van der Waals surface area (Å²) >= 11 is 5.27. The maximum absolute atomic E-state index is 12.3. The highest BCUT2D eigenvalue weighted by atomic mass is 32.2. The number of piperazine rings is 1. The molecule has 0 radical (unpaired) electrons. The first-order valence-corrected chi connectivity index (χ1v) is 11.9. The summed E-state index contributed by atoms with van der Waals surface area (Å²) in [6.07, 6.45) is -0.619. The molecule has 2 saturated heterocycles. The lowest BCUT2D eigenvalue weighted by molar-refractivity contribution is 0.143. The van der Waals surface area contributed by atoms with Gasteiger partial charge in [0.15, 0.2) is 0 Å². The monoisotopic (exact) mass is 455 g/mol. The molecule has 1 aromatic rings. The van der Waals surface area contributed by atoms with E-state index in [1.54, 1.807) is 4.90 Å². The van der Waals surface area contributed by atoms with E-state index >= 15 is 0 Å². The Morgan fingerprint density at radius 2 is 1.77 bits per heavy atom. The Hall–Kier alpha value is -1.95. The number of cyclic esters (lactones) is 1. The van der Waals surface area contributed by atoms with Gasteiger partial charge >= 0.3 is 6.09 Å². The van der Waals surface area contributed by atoms with E-state index in [1.807, 2.05) is 38.1 Å². The summed E-state index contributed by atoms with van der Waals surface area (Å²) in [6, 6.07) is 7.68. The van der Waals surface area contributed by atoms with Gasteiger partial charge in [0.1, 0.15) is 6.10 Å². The van der Waals surface area contributed by atoms with E-state index in [0.717, 1.165) is 16.4 Å².